The van der Waals surface area contributed by atoms with E-state index in [0.29, 0.717) is 46.8 Å². The molecular formula is C25H21FN2O4. The van der Waals surface area contributed by atoms with Crippen molar-refractivity contribution in [3.05, 3.63) is 77.1 Å². The van der Waals surface area contributed by atoms with Gasteiger partial charge in [-0.25, -0.2) is 4.39 Å². The van der Waals surface area contributed by atoms with Gasteiger partial charge in [0.05, 0.1) is 19.2 Å². The van der Waals surface area contributed by atoms with Gasteiger partial charge < -0.3 is 19.7 Å². The number of carbonyl (C=O) groups is 2. The zero-order valence-corrected chi connectivity index (χ0v) is 17.5. The third kappa shape index (κ3) is 3.36. The number of fused-ring (bicyclic) bond motifs is 5. The number of halogens is 1. The van der Waals surface area contributed by atoms with Gasteiger partial charge in [0.15, 0.2) is 0 Å². The van der Waals surface area contributed by atoms with Crippen molar-refractivity contribution in [2.24, 2.45) is 0 Å². The summed E-state index contributed by atoms with van der Waals surface area (Å²) in [4.78, 5) is 27.8. The zero-order valence-electron chi connectivity index (χ0n) is 17.5. The molecule has 2 heterocycles. The van der Waals surface area contributed by atoms with Crippen LogP contribution in [0.2, 0.25) is 0 Å². The van der Waals surface area contributed by atoms with Gasteiger partial charge in [0.2, 0.25) is 0 Å². The Kier molecular flexibility index (Phi) is 5.01. The molecular weight excluding hydrogens is 411 g/mol. The molecule has 0 saturated heterocycles. The smallest absolute Gasteiger partial charge is 0.262 e. The molecule has 1 N–H and O–H groups in total. The fraction of sp³-hybridized carbons (Fsp3) is 0.200. The lowest BCUT2D eigenvalue weighted by molar-refractivity contribution is 0.0947. The Bertz CT molecular complexity index is 1240. The average Bonchev–Trinajstić information content (AvgIpc) is 3.22. The predicted octanol–water partition coefficient (Wildman–Crippen LogP) is 3.83. The van der Waals surface area contributed by atoms with Gasteiger partial charge in [0, 0.05) is 28.9 Å². The largest absolute Gasteiger partial charge is 0.496 e. The summed E-state index contributed by atoms with van der Waals surface area (Å²) in [7, 11) is 1.48. The van der Waals surface area contributed by atoms with Crippen molar-refractivity contribution in [3.63, 3.8) is 0 Å². The van der Waals surface area contributed by atoms with E-state index in [9.17, 15) is 9.59 Å². The molecule has 0 fully saturated rings. The lowest BCUT2D eigenvalue weighted by Gasteiger charge is -2.20. The van der Waals surface area contributed by atoms with Crippen molar-refractivity contribution in [1.82, 2.24) is 5.32 Å². The summed E-state index contributed by atoms with van der Waals surface area (Å²) < 4.78 is 26.4. The SMILES string of the molecule is COc1ccc2cc1C(=O)N1CCc3cc(F)c(cc31)-c1ccccc1OCCNC2=O. The monoisotopic (exact) mass is 432 g/mol. The van der Waals surface area contributed by atoms with E-state index in [1.807, 2.05) is 12.1 Å². The first-order valence-corrected chi connectivity index (χ1v) is 10.4. The second kappa shape index (κ2) is 8.00. The fourth-order valence-electron chi connectivity index (χ4n) is 4.23. The molecule has 7 heteroatoms. The van der Waals surface area contributed by atoms with Crippen molar-refractivity contribution < 1.29 is 23.5 Å². The van der Waals surface area contributed by atoms with E-state index in [4.69, 9.17) is 9.47 Å². The number of amides is 2. The first-order chi connectivity index (χ1) is 15.6. The molecule has 32 heavy (non-hydrogen) atoms. The fourth-order valence-corrected chi connectivity index (χ4v) is 4.23. The summed E-state index contributed by atoms with van der Waals surface area (Å²) in [5.41, 5.74) is 2.99. The van der Waals surface area contributed by atoms with Crippen LogP contribution in [0.1, 0.15) is 26.3 Å². The summed E-state index contributed by atoms with van der Waals surface area (Å²) in [5, 5.41) is 2.79. The zero-order chi connectivity index (χ0) is 22.2. The molecule has 0 saturated carbocycles. The lowest BCUT2D eigenvalue weighted by atomic mass is 10.0. The van der Waals surface area contributed by atoms with Crippen LogP contribution in [0.3, 0.4) is 0 Å². The number of ether oxygens (including phenoxy) is 2. The molecule has 0 unspecified atom stereocenters. The van der Waals surface area contributed by atoms with Gasteiger partial charge >= 0.3 is 0 Å². The normalized spacial score (nSPS) is 15.2. The van der Waals surface area contributed by atoms with Crippen LogP contribution in [-0.2, 0) is 6.42 Å². The number of para-hydroxylation sites is 1. The van der Waals surface area contributed by atoms with Gasteiger partial charge in [-0.15, -0.1) is 0 Å². The van der Waals surface area contributed by atoms with Gasteiger partial charge in [-0.3, -0.25) is 9.59 Å². The van der Waals surface area contributed by atoms with Gasteiger partial charge in [-0.1, -0.05) is 18.2 Å². The van der Waals surface area contributed by atoms with Crippen LogP contribution in [0, 0.1) is 5.82 Å². The highest BCUT2D eigenvalue weighted by Crippen LogP contribution is 2.39. The third-order valence-electron chi connectivity index (χ3n) is 5.82. The van der Waals surface area contributed by atoms with Gasteiger partial charge in [-0.05, 0) is 48.4 Å². The van der Waals surface area contributed by atoms with Crippen LogP contribution in [0.25, 0.3) is 11.1 Å². The Morgan fingerprint density at radius 3 is 2.72 bits per heavy atom. The van der Waals surface area contributed by atoms with E-state index in [2.05, 4.69) is 5.32 Å². The molecule has 3 aromatic rings. The highest BCUT2D eigenvalue weighted by molar-refractivity contribution is 6.10. The van der Waals surface area contributed by atoms with E-state index in [0.717, 1.165) is 5.56 Å². The topological polar surface area (TPSA) is 67.9 Å². The van der Waals surface area contributed by atoms with E-state index in [1.165, 1.54) is 19.2 Å². The quantitative estimate of drug-likeness (QED) is 0.635. The van der Waals surface area contributed by atoms with Gasteiger partial charge in [0.25, 0.3) is 11.8 Å². The Hall–Kier alpha value is -3.87. The van der Waals surface area contributed by atoms with E-state index < -0.39 is 0 Å². The van der Waals surface area contributed by atoms with Crippen molar-refractivity contribution in [2.45, 2.75) is 6.42 Å². The Morgan fingerprint density at radius 2 is 1.88 bits per heavy atom. The first kappa shape index (κ1) is 20.1. The second-order valence-corrected chi connectivity index (χ2v) is 7.68. The molecule has 6 nitrogen and oxygen atoms in total. The summed E-state index contributed by atoms with van der Waals surface area (Å²) in [5.74, 6) is -0.102. The predicted molar refractivity (Wildman–Crippen MR) is 118 cm³/mol. The molecule has 0 aromatic heterocycles. The Labute approximate surface area is 184 Å². The Morgan fingerprint density at radius 1 is 1.03 bits per heavy atom. The van der Waals surface area contributed by atoms with Crippen molar-refractivity contribution in [2.75, 3.05) is 31.7 Å². The number of anilines is 1. The number of hydrogen-bond donors (Lipinski definition) is 1. The number of nitrogens with zero attached hydrogens (tertiary/aromatic N) is 1. The molecule has 4 bridgehead atoms. The maximum atomic E-state index is 15.1. The standard InChI is InChI=1S/C25H21FN2O4/c1-31-22-7-6-16-12-19(22)25(30)28-10-8-15-13-20(26)18(14-21(15)28)17-4-2-3-5-23(17)32-11-9-27-24(16)29/h2-7,12-14H,8-11H2,1H3,(H,27,29). The average molecular weight is 432 g/mol. The van der Waals surface area contributed by atoms with Crippen molar-refractivity contribution in [1.29, 1.82) is 0 Å². The van der Waals surface area contributed by atoms with Crippen LogP contribution in [0.15, 0.2) is 54.6 Å². The molecule has 0 spiro atoms. The Balaban J connectivity index is 1.69. The van der Waals surface area contributed by atoms with E-state index in [-0.39, 0.29) is 36.3 Å². The van der Waals surface area contributed by atoms with Crippen molar-refractivity contribution >= 4 is 17.5 Å². The van der Waals surface area contributed by atoms with Gasteiger partial charge in [0.1, 0.15) is 23.9 Å². The van der Waals surface area contributed by atoms with E-state index >= 15 is 4.39 Å². The maximum Gasteiger partial charge on any atom is 0.262 e. The number of hydrogen-bond acceptors (Lipinski definition) is 4. The minimum absolute atomic E-state index is 0.212. The lowest BCUT2D eigenvalue weighted by Crippen LogP contribution is -2.30. The number of methoxy groups -OCH3 is 1. The molecule has 3 aromatic carbocycles. The van der Waals surface area contributed by atoms with Crippen LogP contribution in [-0.4, -0.2) is 38.6 Å². The summed E-state index contributed by atoms with van der Waals surface area (Å²) in [6.45, 7) is 0.874. The molecule has 2 amide bonds. The summed E-state index contributed by atoms with van der Waals surface area (Å²) in [6, 6.07) is 15.1. The minimum Gasteiger partial charge on any atom is -0.496 e. The third-order valence-corrected chi connectivity index (χ3v) is 5.82. The minimum atomic E-state index is -0.369. The maximum absolute atomic E-state index is 15.1. The van der Waals surface area contributed by atoms with Crippen LogP contribution >= 0.6 is 0 Å². The van der Waals surface area contributed by atoms with Crippen LogP contribution < -0.4 is 19.7 Å². The summed E-state index contributed by atoms with van der Waals surface area (Å²) >= 11 is 0. The van der Waals surface area contributed by atoms with E-state index in [1.54, 1.807) is 35.2 Å². The van der Waals surface area contributed by atoms with Gasteiger partial charge in [-0.2, -0.15) is 0 Å². The summed E-state index contributed by atoms with van der Waals surface area (Å²) in [6.07, 6.45) is 0.541. The van der Waals surface area contributed by atoms with Crippen LogP contribution in [0.4, 0.5) is 10.1 Å². The number of nitrogens with one attached hydrogen (secondary N) is 1. The number of benzene rings is 3. The number of rotatable bonds is 1. The number of carbonyl (C=O) groups excluding carboxylic acids is 2. The first-order valence-electron chi connectivity index (χ1n) is 10.4. The molecule has 0 aliphatic carbocycles. The molecule has 0 atom stereocenters. The van der Waals surface area contributed by atoms with Crippen molar-refractivity contribution in [3.8, 4) is 22.6 Å². The van der Waals surface area contributed by atoms with Crippen LogP contribution in [0.5, 0.6) is 11.5 Å². The molecule has 0 radical (unpaired) electrons. The molecule has 2 aliphatic rings. The highest BCUT2D eigenvalue weighted by atomic mass is 19.1. The molecule has 2 aliphatic heterocycles. The highest BCUT2D eigenvalue weighted by Gasteiger charge is 2.30. The second-order valence-electron chi connectivity index (χ2n) is 7.68. The molecule has 5 rings (SSSR count). The molecule has 162 valence electrons.